The van der Waals surface area contributed by atoms with Crippen molar-refractivity contribution >= 4 is 11.0 Å². The number of imidazole rings is 1. The molecule has 0 atom stereocenters. The minimum atomic E-state index is -1.48. The summed E-state index contributed by atoms with van der Waals surface area (Å²) in [5, 5.41) is 11.9. The second-order valence-corrected chi connectivity index (χ2v) is 21.1. The van der Waals surface area contributed by atoms with Gasteiger partial charge in [0.1, 0.15) is 11.6 Å². The number of phenolic OH excluding ortho intramolecular Hbond substituents is 1. The van der Waals surface area contributed by atoms with Gasteiger partial charge in [-0.25, -0.2) is 4.98 Å². The Labute approximate surface area is 395 Å². The van der Waals surface area contributed by atoms with Gasteiger partial charge in [-0.2, -0.15) is 0 Å². The van der Waals surface area contributed by atoms with Crippen LogP contribution >= 0.6 is 0 Å². The number of hydrogen-bond acceptors (Lipinski definition) is 3. The number of phenols is 1. The normalized spacial score (nSPS) is 15.8. The summed E-state index contributed by atoms with van der Waals surface area (Å²) in [6.07, 6.45) is 11.0. The first kappa shape index (κ1) is 41.2. The highest BCUT2D eigenvalue weighted by Gasteiger charge is 2.26. The van der Waals surface area contributed by atoms with Crippen LogP contribution in [0.4, 0.5) is 0 Å². The van der Waals surface area contributed by atoms with E-state index in [1.165, 1.54) is 48.8 Å². The molecule has 66 heavy (non-hydrogen) atoms. The topological polar surface area (TPSA) is 50.9 Å². The fourth-order valence-electron chi connectivity index (χ4n) is 10.4. The van der Waals surface area contributed by atoms with E-state index in [-0.39, 0.29) is 22.5 Å². The number of aromatic hydroxyl groups is 1. The lowest BCUT2D eigenvalue weighted by atomic mass is 9.83. The smallest absolute Gasteiger partial charge is 0.149 e. The third-order valence-corrected chi connectivity index (χ3v) is 14.3. The molecule has 1 N–H and O–H groups in total. The molecule has 0 unspecified atom stereocenters. The molecule has 10 rings (SSSR count). The highest BCUT2D eigenvalue weighted by Crippen LogP contribution is 2.44. The Morgan fingerprint density at radius 3 is 2.05 bits per heavy atom. The molecule has 4 heteroatoms. The number of nitrogens with zero attached hydrogens (tertiary/aromatic N) is 3. The van der Waals surface area contributed by atoms with Gasteiger partial charge < -0.3 is 5.11 Å². The largest absolute Gasteiger partial charge is 0.507 e. The Hall–Kier alpha value is -6.26. The quantitative estimate of drug-likeness (QED) is 0.157. The zero-order valence-corrected chi connectivity index (χ0v) is 39.7. The van der Waals surface area contributed by atoms with E-state index in [4.69, 9.17) is 9.97 Å². The minimum Gasteiger partial charge on any atom is -0.507 e. The van der Waals surface area contributed by atoms with Gasteiger partial charge in [-0.3, -0.25) is 9.55 Å². The summed E-state index contributed by atoms with van der Waals surface area (Å²) >= 11 is 0. The van der Waals surface area contributed by atoms with Crippen LogP contribution in [0.2, 0.25) is 0 Å². The van der Waals surface area contributed by atoms with Gasteiger partial charge in [-0.1, -0.05) is 171 Å². The maximum absolute atomic E-state index is 11.9. The average Bonchev–Trinajstić information content (AvgIpc) is 4.04. The lowest BCUT2D eigenvalue weighted by molar-refractivity contribution is 0.443. The fraction of sp³-hybridized carbons (Fsp3) is 0.323. The van der Waals surface area contributed by atoms with Crippen molar-refractivity contribution in [2.24, 2.45) is 5.92 Å². The van der Waals surface area contributed by atoms with Crippen molar-refractivity contribution < 1.29 is 7.85 Å². The number of hydrogen-bond donors (Lipinski definition) is 1. The Bertz CT molecular complexity index is 3100. The highest BCUT2D eigenvalue weighted by molar-refractivity contribution is 5.97. The van der Waals surface area contributed by atoms with Crippen molar-refractivity contribution in [3.63, 3.8) is 0 Å². The number of pyridine rings is 1. The summed E-state index contributed by atoms with van der Waals surface area (Å²) in [4.78, 5) is 10.6. The van der Waals surface area contributed by atoms with Crippen molar-refractivity contribution in [3.05, 3.63) is 168 Å². The lowest BCUT2D eigenvalue weighted by Crippen LogP contribution is -2.11. The van der Waals surface area contributed by atoms with E-state index in [9.17, 15) is 7.85 Å². The minimum absolute atomic E-state index is 0.0230. The highest BCUT2D eigenvalue weighted by atomic mass is 16.3. The average molecular weight is 870 g/mol. The van der Waals surface area contributed by atoms with E-state index >= 15 is 0 Å². The molecule has 2 aliphatic carbocycles. The number of para-hydroxylation sites is 1. The number of fused-ring (bicyclic) bond motifs is 1. The molecule has 2 saturated carbocycles. The van der Waals surface area contributed by atoms with Crippen LogP contribution in [0.25, 0.3) is 72.7 Å². The first-order chi connectivity index (χ1) is 32.6. The molecule has 0 saturated heterocycles. The van der Waals surface area contributed by atoms with Crippen LogP contribution in [0, 0.1) is 5.92 Å². The second kappa shape index (κ2) is 17.9. The Morgan fingerprint density at radius 1 is 0.576 bits per heavy atom. The maximum Gasteiger partial charge on any atom is 0.149 e. The summed E-state index contributed by atoms with van der Waals surface area (Å²) in [7, 11) is 0. The fourth-order valence-corrected chi connectivity index (χ4v) is 10.4. The second-order valence-electron chi connectivity index (χ2n) is 21.1. The molecule has 2 aromatic heterocycles. The molecular formula is C62H65N3O. The van der Waals surface area contributed by atoms with E-state index in [0.717, 1.165) is 87.0 Å². The molecule has 2 aliphatic rings. The molecule has 0 bridgehead atoms. The monoisotopic (exact) mass is 870 g/mol. The third kappa shape index (κ3) is 8.87. The van der Waals surface area contributed by atoms with Gasteiger partial charge in [0.05, 0.1) is 28.0 Å². The summed E-state index contributed by atoms with van der Waals surface area (Å²) in [6, 6.07) is 49.1. The van der Waals surface area contributed by atoms with E-state index in [1.807, 2.05) is 36.5 Å². The molecule has 8 aromatic rings. The summed E-state index contributed by atoms with van der Waals surface area (Å²) < 4.78 is 21.1. The van der Waals surface area contributed by atoms with Crippen LogP contribution < -0.4 is 0 Å². The van der Waals surface area contributed by atoms with Gasteiger partial charge in [-0.15, -0.1) is 0 Å². The Balaban J connectivity index is 1.17. The summed E-state index contributed by atoms with van der Waals surface area (Å²) in [5.41, 5.74) is 15.5. The Morgan fingerprint density at radius 2 is 1.30 bits per heavy atom. The van der Waals surface area contributed by atoms with E-state index < -0.39 is 6.37 Å². The molecule has 2 fully saturated rings. The summed E-state index contributed by atoms with van der Waals surface area (Å²) in [6.45, 7) is 13.3. The zero-order valence-electron chi connectivity index (χ0n) is 41.7. The van der Waals surface area contributed by atoms with Gasteiger partial charge in [0.15, 0.2) is 0 Å². The van der Waals surface area contributed by atoms with Crippen LogP contribution in [0.3, 0.4) is 0 Å². The van der Waals surface area contributed by atoms with Crippen molar-refractivity contribution in [2.75, 3.05) is 0 Å². The maximum atomic E-state index is 11.9. The first-order valence-corrected chi connectivity index (χ1v) is 24.4. The predicted molar refractivity (Wildman–Crippen MR) is 277 cm³/mol. The molecular weight excluding hydrogens is 803 g/mol. The molecule has 0 spiro atoms. The van der Waals surface area contributed by atoms with Crippen LogP contribution in [-0.2, 0) is 17.2 Å². The zero-order chi connectivity index (χ0) is 47.4. The van der Waals surface area contributed by atoms with Crippen molar-refractivity contribution in [1.29, 1.82) is 0 Å². The Kier molecular flexibility index (Phi) is 11.1. The first-order valence-electron chi connectivity index (χ1n) is 25.4. The van der Waals surface area contributed by atoms with Crippen LogP contribution in [0.1, 0.15) is 130 Å². The van der Waals surface area contributed by atoms with Gasteiger partial charge in [-0.05, 0) is 141 Å². The molecule has 0 radical (unpaired) electrons. The molecule has 6 aromatic carbocycles. The van der Waals surface area contributed by atoms with Gasteiger partial charge in [0.25, 0.3) is 0 Å². The van der Waals surface area contributed by atoms with E-state index in [0.29, 0.717) is 22.9 Å². The van der Waals surface area contributed by atoms with E-state index in [2.05, 4.69) is 149 Å². The van der Waals surface area contributed by atoms with Crippen molar-refractivity contribution in [2.45, 2.75) is 122 Å². The van der Waals surface area contributed by atoms with Crippen molar-refractivity contribution in [1.82, 2.24) is 14.5 Å². The van der Waals surface area contributed by atoms with E-state index in [1.54, 1.807) is 6.07 Å². The standard InChI is InChI=1S/C62H65N3O/c1-61(2,3)50-29-31-58(66)54(40-50)60-64-59-52(22-15-23-57(59)65(60)56-30-24-42(34-41-16-13-14-17-41)35-53(56)46-20-11-8-12-21-46)48-36-49(38-51(37-48)62(4,5)6)55-39-47(32-33-63-55)45-27-25-44(26-28-45)43-18-9-7-10-19-43/h8,11-12,15,20-33,35-41,43,66H,7,9-10,13-14,16-19,34H2,1-6H3/i34D2. The molecule has 2 heterocycles. The van der Waals surface area contributed by atoms with Crippen LogP contribution in [0.5, 0.6) is 5.75 Å². The molecule has 334 valence electrons. The predicted octanol–water partition coefficient (Wildman–Crippen LogP) is 16.8. The number of aromatic nitrogens is 3. The number of rotatable bonds is 9. The van der Waals surface area contributed by atoms with Gasteiger partial charge in [0, 0.05) is 25.6 Å². The molecule has 4 nitrogen and oxygen atoms in total. The van der Waals surface area contributed by atoms with Crippen molar-refractivity contribution in [3.8, 4) is 67.5 Å². The van der Waals surface area contributed by atoms with Gasteiger partial charge >= 0.3 is 0 Å². The molecule has 0 amide bonds. The number of benzene rings is 6. The summed E-state index contributed by atoms with van der Waals surface area (Å²) in [5.74, 6) is 1.42. The van der Waals surface area contributed by atoms with Crippen LogP contribution in [0.15, 0.2) is 146 Å². The third-order valence-electron chi connectivity index (χ3n) is 14.3. The van der Waals surface area contributed by atoms with Crippen LogP contribution in [-0.4, -0.2) is 19.6 Å². The SMILES string of the molecule is [2H]C([2H])(c1ccc(-n2c(-c3cc(C(C)(C)C)ccc3O)nc3c(-c4cc(-c5cc(-c6ccc(C7CCCCC7)cc6)ccn5)cc(C(C)(C)C)c4)cccc32)c(-c2ccccc2)c1)C1CCCC1. The van der Waals surface area contributed by atoms with Gasteiger partial charge in [0.2, 0.25) is 0 Å². The lowest BCUT2D eigenvalue weighted by Gasteiger charge is -2.22. The molecule has 0 aliphatic heterocycles.